The Labute approximate surface area is 191 Å². The van der Waals surface area contributed by atoms with Crippen molar-refractivity contribution in [2.75, 3.05) is 19.6 Å². The van der Waals surface area contributed by atoms with Crippen molar-refractivity contribution in [3.63, 3.8) is 0 Å². The minimum atomic E-state index is -0.128. The van der Waals surface area contributed by atoms with Gasteiger partial charge < -0.3 is 4.90 Å². The van der Waals surface area contributed by atoms with Crippen molar-refractivity contribution in [2.24, 2.45) is 5.92 Å². The number of carbonyl (C=O) groups excluding carboxylic acids is 2. The minimum Gasteiger partial charge on any atom is -0.366 e. The van der Waals surface area contributed by atoms with E-state index in [0.29, 0.717) is 23.7 Å². The molecule has 1 fully saturated rings. The zero-order chi connectivity index (χ0) is 22.7. The number of amides is 2. The highest BCUT2D eigenvalue weighted by Crippen LogP contribution is 2.36. The van der Waals surface area contributed by atoms with Gasteiger partial charge in [-0.3, -0.25) is 14.5 Å². The number of imide groups is 1. The first-order chi connectivity index (χ1) is 15.5. The summed E-state index contributed by atoms with van der Waals surface area (Å²) in [6.45, 7) is 8.31. The van der Waals surface area contributed by atoms with E-state index in [-0.39, 0.29) is 11.8 Å². The molecule has 32 heavy (non-hydrogen) atoms. The summed E-state index contributed by atoms with van der Waals surface area (Å²) in [5, 5.41) is 0. The number of aryl methyl sites for hydroxylation is 2. The maximum Gasteiger partial charge on any atom is 0.277 e. The van der Waals surface area contributed by atoms with Crippen LogP contribution in [-0.2, 0) is 16.0 Å². The van der Waals surface area contributed by atoms with E-state index < -0.39 is 0 Å². The molecule has 4 heteroatoms. The molecule has 0 aromatic heterocycles. The van der Waals surface area contributed by atoms with Gasteiger partial charge in [0.05, 0.1) is 5.57 Å². The van der Waals surface area contributed by atoms with E-state index in [4.69, 9.17) is 0 Å². The van der Waals surface area contributed by atoms with Crippen LogP contribution in [0.5, 0.6) is 0 Å². The van der Waals surface area contributed by atoms with Gasteiger partial charge >= 0.3 is 0 Å². The fourth-order valence-corrected chi connectivity index (χ4v) is 5.02. The smallest absolute Gasteiger partial charge is 0.277 e. The fourth-order valence-electron chi connectivity index (χ4n) is 5.02. The van der Waals surface area contributed by atoms with E-state index in [1.807, 2.05) is 19.1 Å². The summed E-state index contributed by atoms with van der Waals surface area (Å²) in [5.74, 6) is 0.374. The molecule has 0 radical (unpaired) electrons. The van der Waals surface area contributed by atoms with Gasteiger partial charge in [0.1, 0.15) is 5.70 Å². The highest BCUT2D eigenvalue weighted by molar-refractivity contribution is 6.35. The largest absolute Gasteiger partial charge is 0.366 e. The molecule has 2 aliphatic heterocycles. The lowest BCUT2D eigenvalue weighted by atomic mass is 9.89. The molecule has 2 aromatic carbocycles. The molecule has 2 aromatic rings. The van der Waals surface area contributed by atoms with Crippen LogP contribution in [0.25, 0.3) is 5.57 Å². The SMILES string of the molecule is CCCCN1C(=O)C(c2ccc(C)cc2C)=C(N2CCC(Cc3ccccc3)CC2)C1=O. The van der Waals surface area contributed by atoms with Gasteiger partial charge in [-0.05, 0) is 62.1 Å². The molecule has 2 aliphatic rings. The van der Waals surface area contributed by atoms with Crippen molar-refractivity contribution < 1.29 is 9.59 Å². The third-order valence-electron chi connectivity index (χ3n) is 6.83. The highest BCUT2D eigenvalue weighted by Gasteiger charge is 2.42. The van der Waals surface area contributed by atoms with Crippen molar-refractivity contribution >= 4 is 17.4 Å². The molecular weight excluding hydrogens is 396 g/mol. The number of unbranched alkanes of at least 4 members (excludes halogenated alkanes) is 1. The maximum atomic E-state index is 13.5. The zero-order valence-corrected chi connectivity index (χ0v) is 19.6. The van der Waals surface area contributed by atoms with E-state index in [1.165, 1.54) is 10.5 Å². The van der Waals surface area contributed by atoms with Crippen LogP contribution in [0.4, 0.5) is 0 Å². The molecule has 0 atom stereocenters. The van der Waals surface area contributed by atoms with E-state index in [1.54, 1.807) is 0 Å². The third kappa shape index (κ3) is 4.50. The first-order valence-corrected chi connectivity index (χ1v) is 12.0. The summed E-state index contributed by atoms with van der Waals surface area (Å²) in [7, 11) is 0. The quantitative estimate of drug-likeness (QED) is 0.571. The van der Waals surface area contributed by atoms with Crippen molar-refractivity contribution in [1.29, 1.82) is 0 Å². The van der Waals surface area contributed by atoms with Crippen LogP contribution in [-0.4, -0.2) is 41.2 Å². The van der Waals surface area contributed by atoms with Gasteiger partial charge in [0.25, 0.3) is 11.8 Å². The van der Waals surface area contributed by atoms with Gasteiger partial charge in [-0.2, -0.15) is 0 Å². The van der Waals surface area contributed by atoms with E-state index in [0.717, 1.165) is 61.9 Å². The molecule has 2 amide bonds. The van der Waals surface area contributed by atoms with Crippen molar-refractivity contribution in [1.82, 2.24) is 9.80 Å². The molecule has 4 rings (SSSR count). The van der Waals surface area contributed by atoms with E-state index >= 15 is 0 Å². The van der Waals surface area contributed by atoms with E-state index in [2.05, 4.69) is 55.1 Å². The van der Waals surface area contributed by atoms with Gasteiger partial charge in [-0.1, -0.05) is 67.4 Å². The summed E-state index contributed by atoms with van der Waals surface area (Å²) >= 11 is 0. The van der Waals surface area contributed by atoms with Crippen molar-refractivity contribution in [3.05, 3.63) is 76.5 Å². The predicted octanol–water partition coefficient (Wildman–Crippen LogP) is 5.14. The number of likely N-dealkylation sites (tertiary alicyclic amines) is 1. The molecule has 0 saturated carbocycles. The number of hydrogen-bond acceptors (Lipinski definition) is 3. The molecule has 0 aliphatic carbocycles. The Balaban J connectivity index is 1.60. The lowest BCUT2D eigenvalue weighted by Gasteiger charge is -2.34. The molecule has 1 saturated heterocycles. The summed E-state index contributed by atoms with van der Waals surface area (Å²) in [5.41, 5.74) is 5.71. The van der Waals surface area contributed by atoms with Gasteiger partial charge in [-0.15, -0.1) is 0 Å². The lowest BCUT2D eigenvalue weighted by Crippen LogP contribution is -2.39. The van der Waals surface area contributed by atoms with Crippen LogP contribution in [0, 0.1) is 19.8 Å². The number of nitrogens with zero attached hydrogens (tertiary/aromatic N) is 2. The minimum absolute atomic E-state index is 0.111. The fraction of sp³-hybridized carbons (Fsp3) is 0.429. The number of benzene rings is 2. The third-order valence-corrected chi connectivity index (χ3v) is 6.83. The standard InChI is InChI=1S/C28H34N2O2/c1-4-5-15-30-27(31)25(24-12-11-20(2)18-21(24)3)26(28(30)32)29-16-13-23(14-17-29)19-22-9-7-6-8-10-22/h6-12,18,23H,4-5,13-17,19H2,1-3H3. The normalized spacial score (nSPS) is 17.6. The zero-order valence-electron chi connectivity index (χ0n) is 19.6. The Morgan fingerprint density at radius 2 is 1.66 bits per heavy atom. The number of hydrogen-bond donors (Lipinski definition) is 0. The molecular formula is C28H34N2O2. The Kier molecular flexibility index (Phi) is 6.78. The average Bonchev–Trinajstić information content (AvgIpc) is 3.03. The Morgan fingerprint density at radius 3 is 2.31 bits per heavy atom. The molecule has 0 bridgehead atoms. The second kappa shape index (κ2) is 9.72. The Morgan fingerprint density at radius 1 is 0.938 bits per heavy atom. The molecule has 2 heterocycles. The molecule has 0 unspecified atom stereocenters. The Hall–Kier alpha value is -2.88. The van der Waals surface area contributed by atoms with Crippen LogP contribution in [0.15, 0.2) is 54.2 Å². The monoisotopic (exact) mass is 430 g/mol. The van der Waals surface area contributed by atoms with Crippen LogP contribution >= 0.6 is 0 Å². The van der Waals surface area contributed by atoms with Gasteiger partial charge in [0, 0.05) is 19.6 Å². The average molecular weight is 431 g/mol. The topological polar surface area (TPSA) is 40.6 Å². The first-order valence-electron chi connectivity index (χ1n) is 12.0. The van der Waals surface area contributed by atoms with Gasteiger partial charge in [0.2, 0.25) is 0 Å². The summed E-state index contributed by atoms with van der Waals surface area (Å²) < 4.78 is 0. The summed E-state index contributed by atoms with van der Waals surface area (Å²) in [6.07, 6.45) is 4.94. The maximum absolute atomic E-state index is 13.5. The number of piperidine rings is 1. The van der Waals surface area contributed by atoms with E-state index in [9.17, 15) is 9.59 Å². The predicted molar refractivity (Wildman–Crippen MR) is 129 cm³/mol. The Bertz CT molecular complexity index is 1020. The summed E-state index contributed by atoms with van der Waals surface area (Å²) in [6, 6.07) is 16.8. The van der Waals surface area contributed by atoms with Crippen LogP contribution in [0.2, 0.25) is 0 Å². The molecule has 168 valence electrons. The second-order valence-corrected chi connectivity index (χ2v) is 9.28. The lowest BCUT2D eigenvalue weighted by molar-refractivity contribution is -0.137. The van der Waals surface area contributed by atoms with Gasteiger partial charge in [0.15, 0.2) is 0 Å². The van der Waals surface area contributed by atoms with Crippen molar-refractivity contribution in [3.8, 4) is 0 Å². The van der Waals surface area contributed by atoms with Crippen molar-refractivity contribution in [2.45, 2.75) is 52.9 Å². The van der Waals surface area contributed by atoms with Crippen LogP contribution in [0.1, 0.15) is 54.9 Å². The highest BCUT2D eigenvalue weighted by atomic mass is 16.2. The second-order valence-electron chi connectivity index (χ2n) is 9.28. The number of carbonyl (C=O) groups is 2. The van der Waals surface area contributed by atoms with Gasteiger partial charge in [-0.25, -0.2) is 0 Å². The molecule has 0 N–H and O–H groups in total. The summed E-state index contributed by atoms with van der Waals surface area (Å²) in [4.78, 5) is 30.6. The van der Waals surface area contributed by atoms with Crippen LogP contribution < -0.4 is 0 Å². The van der Waals surface area contributed by atoms with Crippen LogP contribution in [0.3, 0.4) is 0 Å². The molecule has 0 spiro atoms. The molecule has 4 nitrogen and oxygen atoms in total. The number of rotatable bonds is 7. The first kappa shape index (κ1) is 22.3.